The molecule has 5 nitrogen and oxygen atoms in total. The maximum absolute atomic E-state index is 14.9. The molecule has 0 saturated carbocycles. The highest BCUT2D eigenvalue weighted by atomic mass is 32.1. The Kier molecular flexibility index (Phi) is 4.34. The van der Waals surface area contributed by atoms with Crippen LogP contribution in [0.3, 0.4) is 0 Å². The Morgan fingerprint density at radius 3 is 2.45 bits per heavy atom. The van der Waals surface area contributed by atoms with E-state index >= 15 is 0 Å². The lowest BCUT2D eigenvalue weighted by Crippen LogP contribution is -2.30. The molecular formula is C24H19FN2O3S. The second kappa shape index (κ2) is 6.85. The average molecular weight is 434 g/mol. The van der Waals surface area contributed by atoms with Gasteiger partial charge < -0.3 is 4.42 Å². The number of fused-ring (bicyclic) bond motifs is 2. The summed E-state index contributed by atoms with van der Waals surface area (Å²) in [6.45, 7) is 7.59. The second-order valence-electron chi connectivity index (χ2n) is 7.84. The van der Waals surface area contributed by atoms with Gasteiger partial charge in [-0.15, -0.1) is 11.3 Å². The van der Waals surface area contributed by atoms with Gasteiger partial charge in [-0.2, -0.15) is 0 Å². The predicted octanol–water partition coefficient (Wildman–Crippen LogP) is 5.37. The molecule has 0 aliphatic carbocycles. The van der Waals surface area contributed by atoms with Crippen molar-refractivity contribution in [3.8, 4) is 0 Å². The highest BCUT2D eigenvalue weighted by molar-refractivity contribution is 7.15. The number of aromatic nitrogens is 1. The first-order valence-electron chi connectivity index (χ1n) is 9.88. The van der Waals surface area contributed by atoms with E-state index in [1.807, 2.05) is 27.7 Å². The third-order valence-electron chi connectivity index (χ3n) is 5.91. The third kappa shape index (κ3) is 2.84. The van der Waals surface area contributed by atoms with Gasteiger partial charge in [0, 0.05) is 10.4 Å². The topological polar surface area (TPSA) is 63.4 Å². The number of nitrogens with zero attached hydrogens (tertiary/aromatic N) is 2. The predicted molar refractivity (Wildman–Crippen MR) is 119 cm³/mol. The number of hydrogen-bond donors (Lipinski definition) is 0. The average Bonchev–Trinajstić information content (AvgIpc) is 3.20. The summed E-state index contributed by atoms with van der Waals surface area (Å²) in [6, 6.07) is 8.76. The largest absolute Gasteiger partial charge is 0.450 e. The number of anilines is 1. The summed E-state index contributed by atoms with van der Waals surface area (Å²) in [5, 5.41) is 0.791. The Hall–Kier alpha value is -3.32. The van der Waals surface area contributed by atoms with Crippen molar-refractivity contribution in [2.75, 3.05) is 4.90 Å². The number of hydrogen-bond acceptors (Lipinski definition) is 5. The molecule has 0 fully saturated rings. The molecule has 156 valence electrons. The first-order valence-corrected chi connectivity index (χ1v) is 10.7. The highest BCUT2D eigenvalue weighted by Gasteiger charge is 2.46. The number of aryl methyl sites for hydroxylation is 4. The summed E-state index contributed by atoms with van der Waals surface area (Å²) in [6.07, 6.45) is 0. The number of halogens is 1. The van der Waals surface area contributed by atoms with Gasteiger partial charge in [-0.25, -0.2) is 9.37 Å². The smallest absolute Gasteiger partial charge is 0.297 e. The van der Waals surface area contributed by atoms with Gasteiger partial charge in [-0.1, -0.05) is 18.2 Å². The normalized spacial score (nSPS) is 15.7. The van der Waals surface area contributed by atoms with Gasteiger partial charge >= 0.3 is 0 Å². The zero-order valence-corrected chi connectivity index (χ0v) is 18.3. The van der Waals surface area contributed by atoms with Crippen LogP contribution in [0.4, 0.5) is 9.52 Å². The summed E-state index contributed by atoms with van der Waals surface area (Å²) < 4.78 is 20.9. The lowest BCUT2D eigenvalue weighted by atomic mass is 9.97. The number of amides is 1. The van der Waals surface area contributed by atoms with Crippen molar-refractivity contribution in [2.45, 2.75) is 33.7 Å². The Morgan fingerprint density at radius 1 is 1.06 bits per heavy atom. The second-order valence-corrected chi connectivity index (χ2v) is 9.03. The van der Waals surface area contributed by atoms with Gasteiger partial charge in [0.1, 0.15) is 17.4 Å². The molecule has 2 aromatic heterocycles. The van der Waals surface area contributed by atoms with E-state index in [1.165, 1.54) is 22.3 Å². The van der Waals surface area contributed by atoms with Gasteiger partial charge in [-0.05, 0) is 57.0 Å². The SMILES string of the molecule is Cc1cc2oc3c(c(=O)c2cc1C)C(c1ccccc1F)N(c1nc(C)c(C)s1)C3=O. The van der Waals surface area contributed by atoms with Crippen molar-refractivity contribution < 1.29 is 13.6 Å². The van der Waals surface area contributed by atoms with E-state index in [1.54, 1.807) is 30.3 Å². The van der Waals surface area contributed by atoms with E-state index in [-0.39, 0.29) is 22.3 Å². The van der Waals surface area contributed by atoms with Crippen LogP contribution in [-0.2, 0) is 0 Å². The molecule has 5 rings (SSSR count). The zero-order valence-electron chi connectivity index (χ0n) is 17.4. The monoisotopic (exact) mass is 434 g/mol. The Morgan fingerprint density at radius 2 is 1.77 bits per heavy atom. The lowest BCUT2D eigenvalue weighted by molar-refractivity contribution is 0.0970. The summed E-state index contributed by atoms with van der Waals surface area (Å²) in [4.78, 5) is 33.9. The van der Waals surface area contributed by atoms with Gasteiger partial charge in [0.2, 0.25) is 5.76 Å². The fourth-order valence-electron chi connectivity index (χ4n) is 3.98. The minimum absolute atomic E-state index is 0.0560. The zero-order chi connectivity index (χ0) is 22.0. The molecule has 2 aromatic carbocycles. The van der Waals surface area contributed by atoms with Crippen molar-refractivity contribution in [3.63, 3.8) is 0 Å². The molecule has 1 amide bonds. The third-order valence-corrected chi connectivity index (χ3v) is 6.98. The van der Waals surface area contributed by atoms with Crippen LogP contribution in [0.15, 0.2) is 45.6 Å². The molecule has 7 heteroatoms. The van der Waals surface area contributed by atoms with E-state index < -0.39 is 17.8 Å². The Bertz CT molecular complexity index is 1430. The fourth-order valence-corrected chi connectivity index (χ4v) is 4.91. The fraction of sp³-hybridized carbons (Fsp3) is 0.208. The summed E-state index contributed by atoms with van der Waals surface area (Å²) >= 11 is 1.33. The molecule has 3 heterocycles. The molecule has 0 spiro atoms. The minimum atomic E-state index is -0.948. The molecule has 1 unspecified atom stereocenters. The van der Waals surface area contributed by atoms with Crippen LogP contribution >= 0.6 is 11.3 Å². The summed E-state index contributed by atoms with van der Waals surface area (Å²) in [5.41, 5.74) is 3.08. The Balaban J connectivity index is 1.86. The van der Waals surface area contributed by atoms with Gasteiger partial charge in [0.15, 0.2) is 10.6 Å². The molecule has 31 heavy (non-hydrogen) atoms. The number of benzene rings is 2. The molecule has 0 bridgehead atoms. The van der Waals surface area contributed by atoms with Crippen molar-refractivity contribution in [2.24, 2.45) is 0 Å². The van der Waals surface area contributed by atoms with Gasteiger partial charge in [0.05, 0.1) is 16.6 Å². The van der Waals surface area contributed by atoms with E-state index in [0.717, 1.165) is 21.7 Å². The van der Waals surface area contributed by atoms with Crippen LogP contribution in [0.5, 0.6) is 0 Å². The molecule has 1 aliphatic heterocycles. The molecular weight excluding hydrogens is 415 g/mol. The van der Waals surface area contributed by atoms with E-state index in [9.17, 15) is 14.0 Å². The van der Waals surface area contributed by atoms with Gasteiger partial charge in [0.25, 0.3) is 5.91 Å². The highest BCUT2D eigenvalue weighted by Crippen LogP contribution is 2.43. The number of carbonyl (C=O) groups excluding carboxylic acids is 1. The number of carbonyl (C=O) groups is 1. The van der Waals surface area contributed by atoms with Crippen LogP contribution in [0, 0.1) is 33.5 Å². The first kappa shape index (κ1) is 19.6. The Labute approximate surface area is 181 Å². The molecule has 0 N–H and O–H groups in total. The minimum Gasteiger partial charge on any atom is -0.450 e. The van der Waals surface area contributed by atoms with Gasteiger partial charge in [-0.3, -0.25) is 14.5 Å². The van der Waals surface area contributed by atoms with Crippen molar-refractivity contribution in [3.05, 3.63) is 91.0 Å². The van der Waals surface area contributed by atoms with E-state index in [0.29, 0.717) is 16.1 Å². The summed E-state index contributed by atoms with van der Waals surface area (Å²) in [5.74, 6) is -1.04. The number of rotatable bonds is 2. The molecule has 1 aliphatic rings. The maximum Gasteiger partial charge on any atom is 0.297 e. The van der Waals surface area contributed by atoms with Crippen LogP contribution < -0.4 is 10.3 Å². The van der Waals surface area contributed by atoms with Crippen LogP contribution in [-0.4, -0.2) is 10.9 Å². The number of thiazole rings is 1. The summed E-state index contributed by atoms with van der Waals surface area (Å²) in [7, 11) is 0. The van der Waals surface area contributed by atoms with Crippen molar-refractivity contribution >= 4 is 33.3 Å². The van der Waals surface area contributed by atoms with Crippen LogP contribution in [0.1, 0.15) is 49.4 Å². The maximum atomic E-state index is 14.9. The molecule has 0 saturated heterocycles. The van der Waals surface area contributed by atoms with Crippen molar-refractivity contribution in [1.29, 1.82) is 0 Å². The van der Waals surface area contributed by atoms with E-state index in [4.69, 9.17) is 4.42 Å². The van der Waals surface area contributed by atoms with E-state index in [2.05, 4.69) is 4.98 Å². The lowest BCUT2D eigenvalue weighted by Gasteiger charge is -2.22. The van der Waals surface area contributed by atoms with Crippen LogP contribution in [0.2, 0.25) is 0 Å². The first-order chi connectivity index (χ1) is 14.8. The quantitative estimate of drug-likeness (QED) is 0.425. The molecule has 4 aromatic rings. The standard InChI is InChI=1S/C24H19FN2O3S/c1-11-9-16-18(10-12(11)2)30-22-19(21(16)28)20(15-7-5-6-8-17(15)25)27(23(22)29)24-26-13(3)14(4)31-24/h5-10,20H,1-4H3. The van der Waals surface area contributed by atoms with Crippen molar-refractivity contribution in [1.82, 2.24) is 4.98 Å². The van der Waals surface area contributed by atoms with Crippen LogP contribution in [0.25, 0.3) is 11.0 Å². The molecule has 0 radical (unpaired) electrons. The molecule has 1 atom stereocenters.